The molecule has 10 nitrogen and oxygen atoms in total. The predicted molar refractivity (Wildman–Crippen MR) is 154 cm³/mol. The number of fused-ring (bicyclic) bond motifs is 1. The van der Waals surface area contributed by atoms with Crippen LogP contribution in [0.15, 0.2) is 79.0 Å². The van der Waals surface area contributed by atoms with Gasteiger partial charge in [-0.3, -0.25) is 9.59 Å². The van der Waals surface area contributed by atoms with Gasteiger partial charge in [0.15, 0.2) is 5.82 Å². The molecule has 40 heavy (non-hydrogen) atoms. The summed E-state index contributed by atoms with van der Waals surface area (Å²) in [6, 6.07) is 22.9. The van der Waals surface area contributed by atoms with Crippen LogP contribution in [0.25, 0.3) is 33.4 Å². The number of nitrogens with zero attached hydrogens (tertiary/aromatic N) is 3. The number of aromatic amines is 2. The molecule has 6 N–H and O–H groups in total. The van der Waals surface area contributed by atoms with E-state index < -0.39 is 11.6 Å². The maximum absolute atomic E-state index is 13.4. The summed E-state index contributed by atoms with van der Waals surface area (Å²) >= 11 is 0. The normalized spacial score (nSPS) is 12.3. The number of nitrogens with one attached hydrogen (secondary N) is 4. The summed E-state index contributed by atoms with van der Waals surface area (Å²) in [6.07, 6.45) is 2.34. The summed E-state index contributed by atoms with van der Waals surface area (Å²) in [5, 5.41) is 21.1. The van der Waals surface area contributed by atoms with Crippen molar-refractivity contribution in [3.8, 4) is 22.5 Å². The Morgan fingerprint density at radius 3 is 2.42 bits per heavy atom. The van der Waals surface area contributed by atoms with Crippen LogP contribution in [0.5, 0.6) is 0 Å². The van der Waals surface area contributed by atoms with E-state index in [9.17, 15) is 9.59 Å². The van der Waals surface area contributed by atoms with Crippen LogP contribution in [0, 0.1) is 0 Å². The van der Waals surface area contributed by atoms with Gasteiger partial charge in [-0.2, -0.15) is 0 Å². The van der Waals surface area contributed by atoms with E-state index in [1.165, 1.54) is 0 Å². The molecule has 0 fully saturated rings. The van der Waals surface area contributed by atoms with Crippen molar-refractivity contribution >= 4 is 22.7 Å². The molecule has 0 aliphatic heterocycles. The maximum Gasteiger partial charge on any atom is 0.243 e. The number of H-pyrrole nitrogens is 2. The van der Waals surface area contributed by atoms with Crippen molar-refractivity contribution < 1.29 is 9.59 Å². The lowest BCUT2D eigenvalue weighted by atomic mass is 9.98. The fraction of sp³-hybridized carbons (Fsp3) is 0.233. The topological polar surface area (TPSA) is 154 Å². The van der Waals surface area contributed by atoms with Gasteiger partial charge >= 0.3 is 0 Å². The molecule has 5 aromatic rings. The minimum atomic E-state index is -0.754. The van der Waals surface area contributed by atoms with E-state index in [1.54, 1.807) is 13.8 Å². The number of para-hydroxylation sites is 1. The van der Waals surface area contributed by atoms with Crippen molar-refractivity contribution in [3.05, 3.63) is 90.1 Å². The lowest BCUT2D eigenvalue weighted by Gasteiger charge is -2.22. The molecule has 0 spiro atoms. The van der Waals surface area contributed by atoms with Crippen LogP contribution >= 0.6 is 0 Å². The van der Waals surface area contributed by atoms with Gasteiger partial charge in [0, 0.05) is 47.6 Å². The third kappa shape index (κ3) is 6.41. The molecule has 0 aliphatic rings. The van der Waals surface area contributed by atoms with Gasteiger partial charge in [-0.15, -0.1) is 5.10 Å². The Labute approximate surface area is 231 Å². The molecule has 2 amide bonds. The molecule has 0 radical (unpaired) electrons. The molecule has 1 atom stereocenters. The highest BCUT2D eigenvalue weighted by molar-refractivity contribution is 5.90. The van der Waals surface area contributed by atoms with Crippen LogP contribution in [0.2, 0.25) is 0 Å². The minimum Gasteiger partial charge on any atom is -0.361 e. The fourth-order valence-corrected chi connectivity index (χ4v) is 4.72. The largest absolute Gasteiger partial charge is 0.361 e. The standard InChI is InChI=1S/C30H32N8O2/c1-30(2,31)16-27(39)34-26(15-21-18-32-25-10-6-5-8-23(21)25)29(40)33-17-19-11-13-20(14-12-19)22-7-3-4-9-24(22)28-35-37-38-36-28/h3-14,18,26,32H,15-17,31H2,1-2H3,(H,33,40)(H,34,39)(H,35,36,37,38)/t26-/m1/s1. The van der Waals surface area contributed by atoms with Gasteiger partial charge in [0.2, 0.25) is 11.8 Å². The molecule has 3 aromatic carbocycles. The van der Waals surface area contributed by atoms with Gasteiger partial charge < -0.3 is 21.4 Å². The first-order valence-electron chi connectivity index (χ1n) is 13.1. The van der Waals surface area contributed by atoms with Gasteiger partial charge in [-0.25, -0.2) is 5.10 Å². The first-order chi connectivity index (χ1) is 19.3. The Morgan fingerprint density at radius 2 is 1.70 bits per heavy atom. The third-order valence-corrected chi connectivity index (χ3v) is 6.63. The molecule has 0 aliphatic carbocycles. The maximum atomic E-state index is 13.4. The summed E-state index contributed by atoms with van der Waals surface area (Å²) in [7, 11) is 0. The van der Waals surface area contributed by atoms with E-state index in [1.807, 2.05) is 79.0 Å². The number of carbonyl (C=O) groups is 2. The van der Waals surface area contributed by atoms with E-state index in [2.05, 4.69) is 36.2 Å². The smallest absolute Gasteiger partial charge is 0.243 e. The molecule has 10 heteroatoms. The van der Waals surface area contributed by atoms with Gasteiger partial charge in [-0.1, -0.05) is 66.7 Å². The Kier molecular flexibility index (Phi) is 7.70. The number of nitrogens with two attached hydrogens (primary N) is 1. The Balaban J connectivity index is 1.29. The van der Waals surface area contributed by atoms with Crippen LogP contribution < -0.4 is 16.4 Å². The fourth-order valence-electron chi connectivity index (χ4n) is 4.72. The highest BCUT2D eigenvalue weighted by Gasteiger charge is 2.25. The van der Waals surface area contributed by atoms with Crippen molar-refractivity contribution in [2.24, 2.45) is 5.73 Å². The summed E-state index contributed by atoms with van der Waals surface area (Å²) in [5.74, 6) is 0.0615. The first kappa shape index (κ1) is 26.8. The Hall–Kier alpha value is -4.83. The van der Waals surface area contributed by atoms with Crippen LogP contribution in [0.1, 0.15) is 31.4 Å². The molecule has 5 rings (SSSR count). The number of carbonyl (C=O) groups excluding carboxylic acids is 2. The molecular weight excluding hydrogens is 504 g/mol. The van der Waals surface area contributed by atoms with Crippen molar-refractivity contribution in [1.29, 1.82) is 0 Å². The van der Waals surface area contributed by atoms with Gasteiger partial charge in [-0.05, 0) is 52.6 Å². The SMILES string of the molecule is CC(C)(N)CC(=O)N[C@H](Cc1c[nH]c2ccccc12)C(=O)NCc1ccc(-c2ccccc2-c2nnn[nH]2)cc1. The second-order valence-electron chi connectivity index (χ2n) is 10.6. The number of aromatic nitrogens is 5. The molecule has 0 bridgehead atoms. The van der Waals surface area contributed by atoms with Crippen molar-refractivity contribution in [1.82, 2.24) is 36.2 Å². The van der Waals surface area contributed by atoms with Gasteiger partial charge in [0.05, 0.1) is 0 Å². The highest BCUT2D eigenvalue weighted by atomic mass is 16.2. The lowest BCUT2D eigenvalue weighted by molar-refractivity contribution is -0.129. The van der Waals surface area contributed by atoms with E-state index in [0.29, 0.717) is 18.8 Å². The quantitative estimate of drug-likeness (QED) is 0.184. The highest BCUT2D eigenvalue weighted by Crippen LogP contribution is 2.29. The van der Waals surface area contributed by atoms with Gasteiger partial charge in [0.1, 0.15) is 6.04 Å². The van der Waals surface area contributed by atoms with Crippen LogP contribution in [-0.4, -0.2) is 49.0 Å². The van der Waals surface area contributed by atoms with Crippen molar-refractivity contribution in [2.45, 2.75) is 44.8 Å². The Morgan fingerprint density at radius 1 is 0.975 bits per heavy atom. The predicted octanol–water partition coefficient (Wildman–Crippen LogP) is 3.49. The molecule has 204 valence electrons. The summed E-state index contributed by atoms with van der Waals surface area (Å²) in [5.41, 5.74) is 11.1. The molecule has 0 saturated carbocycles. The van der Waals surface area contributed by atoms with Crippen LogP contribution in [0.3, 0.4) is 0 Å². The average Bonchev–Trinajstić information content (AvgIpc) is 3.62. The third-order valence-electron chi connectivity index (χ3n) is 6.63. The molecular formula is C30H32N8O2. The van der Waals surface area contributed by atoms with Crippen molar-refractivity contribution in [2.75, 3.05) is 0 Å². The number of benzene rings is 3. The second-order valence-corrected chi connectivity index (χ2v) is 10.6. The number of tetrazole rings is 1. The number of rotatable bonds is 10. The number of amides is 2. The lowest BCUT2D eigenvalue weighted by Crippen LogP contribution is -2.50. The molecule has 0 unspecified atom stereocenters. The first-order valence-corrected chi connectivity index (χ1v) is 13.1. The molecule has 2 aromatic heterocycles. The van der Waals surface area contributed by atoms with E-state index >= 15 is 0 Å². The minimum absolute atomic E-state index is 0.109. The summed E-state index contributed by atoms with van der Waals surface area (Å²) in [4.78, 5) is 29.3. The van der Waals surface area contributed by atoms with Crippen LogP contribution in [-0.2, 0) is 22.6 Å². The van der Waals surface area contributed by atoms with E-state index in [4.69, 9.17) is 5.73 Å². The second kappa shape index (κ2) is 11.5. The zero-order valence-electron chi connectivity index (χ0n) is 22.4. The zero-order valence-corrected chi connectivity index (χ0v) is 22.4. The average molecular weight is 537 g/mol. The Bertz CT molecular complexity index is 1600. The van der Waals surface area contributed by atoms with Crippen LogP contribution in [0.4, 0.5) is 0 Å². The van der Waals surface area contributed by atoms with Gasteiger partial charge in [0.25, 0.3) is 0 Å². The number of hydrogen-bond donors (Lipinski definition) is 5. The van der Waals surface area contributed by atoms with E-state index in [-0.39, 0.29) is 18.2 Å². The summed E-state index contributed by atoms with van der Waals surface area (Å²) < 4.78 is 0. The molecule has 2 heterocycles. The summed E-state index contributed by atoms with van der Waals surface area (Å²) in [6.45, 7) is 3.88. The number of hydrogen-bond acceptors (Lipinski definition) is 6. The van der Waals surface area contributed by atoms with E-state index in [0.717, 1.165) is 38.7 Å². The monoisotopic (exact) mass is 536 g/mol. The van der Waals surface area contributed by atoms with Crippen molar-refractivity contribution in [3.63, 3.8) is 0 Å². The zero-order chi connectivity index (χ0) is 28.1. The molecule has 0 saturated heterocycles.